The third-order valence-electron chi connectivity index (χ3n) is 5.52. The third-order valence-corrected chi connectivity index (χ3v) is 5.52. The molecule has 3 rings (SSSR count). The molecule has 0 aliphatic heterocycles. The molecular weight excluding hydrogens is 316 g/mol. The molecular formula is C21H28O4. The maximum atomic E-state index is 11.3. The molecule has 0 amide bonds. The van der Waals surface area contributed by atoms with Crippen molar-refractivity contribution >= 4 is 5.97 Å². The molecule has 2 saturated carbocycles. The Morgan fingerprint density at radius 3 is 2.48 bits per heavy atom. The highest BCUT2D eigenvalue weighted by atomic mass is 16.5. The van der Waals surface area contributed by atoms with Crippen LogP contribution in [0.4, 0.5) is 0 Å². The van der Waals surface area contributed by atoms with Gasteiger partial charge in [-0.2, -0.15) is 0 Å². The Labute approximate surface area is 150 Å². The van der Waals surface area contributed by atoms with Gasteiger partial charge in [0.05, 0.1) is 6.10 Å². The molecule has 1 aromatic rings. The van der Waals surface area contributed by atoms with Crippen molar-refractivity contribution in [3.05, 3.63) is 42.2 Å². The Morgan fingerprint density at radius 1 is 1.12 bits per heavy atom. The van der Waals surface area contributed by atoms with E-state index in [1.54, 1.807) is 0 Å². The molecule has 5 atom stereocenters. The summed E-state index contributed by atoms with van der Waals surface area (Å²) in [7, 11) is 0. The number of rotatable bonds is 6. The maximum absolute atomic E-state index is 11.3. The first-order valence-electron chi connectivity index (χ1n) is 9.13. The molecule has 0 N–H and O–H groups in total. The number of hydrogen-bond acceptors (Lipinski definition) is 4. The first kappa shape index (κ1) is 17.8. The van der Waals surface area contributed by atoms with Crippen LogP contribution < -0.4 is 4.74 Å². The summed E-state index contributed by atoms with van der Waals surface area (Å²) in [6, 6.07) is 7.95. The first-order valence-corrected chi connectivity index (χ1v) is 9.13. The molecule has 0 saturated heterocycles. The number of fused-ring (bicyclic) bond motifs is 2. The maximum Gasteiger partial charge on any atom is 0.302 e. The van der Waals surface area contributed by atoms with Crippen molar-refractivity contribution in [2.24, 2.45) is 17.8 Å². The van der Waals surface area contributed by atoms with E-state index in [1.165, 1.54) is 12.5 Å². The Morgan fingerprint density at radius 2 is 1.80 bits per heavy atom. The van der Waals surface area contributed by atoms with E-state index < -0.39 is 0 Å². The van der Waals surface area contributed by atoms with Crippen molar-refractivity contribution in [2.75, 3.05) is 6.61 Å². The molecule has 0 aromatic heterocycles. The average molecular weight is 344 g/mol. The normalized spacial score (nSPS) is 30.6. The van der Waals surface area contributed by atoms with Crippen LogP contribution in [0.2, 0.25) is 0 Å². The average Bonchev–Trinajstić information content (AvgIpc) is 2.77. The van der Waals surface area contributed by atoms with Gasteiger partial charge in [-0.15, -0.1) is 0 Å². The van der Waals surface area contributed by atoms with E-state index >= 15 is 0 Å². The van der Waals surface area contributed by atoms with Gasteiger partial charge in [0.2, 0.25) is 0 Å². The van der Waals surface area contributed by atoms with Crippen molar-refractivity contribution in [1.82, 2.24) is 0 Å². The minimum Gasteiger partial charge on any atom is -0.492 e. The van der Waals surface area contributed by atoms with Gasteiger partial charge in [0.1, 0.15) is 24.2 Å². The summed E-state index contributed by atoms with van der Waals surface area (Å²) >= 11 is 0. The van der Waals surface area contributed by atoms with Crippen molar-refractivity contribution in [1.29, 1.82) is 0 Å². The van der Waals surface area contributed by atoms with E-state index in [-0.39, 0.29) is 18.2 Å². The molecule has 0 spiro atoms. The minimum absolute atomic E-state index is 0.0353. The summed E-state index contributed by atoms with van der Waals surface area (Å²) in [5.74, 6) is 2.65. The second kappa shape index (κ2) is 7.51. The van der Waals surface area contributed by atoms with Gasteiger partial charge in [-0.25, -0.2) is 0 Å². The quantitative estimate of drug-likeness (QED) is 0.571. The Balaban J connectivity index is 1.49. The van der Waals surface area contributed by atoms with Gasteiger partial charge in [0.25, 0.3) is 0 Å². The number of carbonyl (C=O) groups excluding carboxylic acids is 1. The zero-order valence-corrected chi connectivity index (χ0v) is 15.4. The minimum atomic E-state index is -0.183. The highest BCUT2D eigenvalue weighted by molar-refractivity contribution is 5.66. The van der Waals surface area contributed by atoms with Crippen LogP contribution in [0.5, 0.6) is 5.75 Å². The van der Waals surface area contributed by atoms with Crippen LogP contribution in [-0.2, 0) is 14.3 Å². The lowest BCUT2D eigenvalue weighted by Gasteiger charge is -2.29. The molecule has 2 bridgehead atoms. The Kier molecular flexibility index (Phi) is 5.36. The molecule has 5 unspecified atom stereocenters. The van der Waals surface area contributed by atoms with Gasteiger partial charge >= 0.3 is 5.97 Å². The second-order valence-electron chi connectivity index (χ2n) is 7.54. The van der Waals surface area contributed by atoms with Crippen molar-refractivity contribution < 1.29 is 19.0 Å². The monoisotopic (exact) mass is 344 g/mol. The van der Waals surface area contributed by atoms with Crippen molar-refractivity contribution in [3.8, 4) is 5.75 Å². The van der Waals surface area contributed by atoms with Crippen molar-refractivity contribution in [3.63, 3.8) is 0 Å². The number of ether oxygens (including phenoxy) is 3. The van der Waals surface area contributed by atoms with E-state index in [0.29, 0.717) is 30.1 Å². The number of carbonyl (C=O) groups is 1. The molecule has 4 heteroatoms. The van der Waals surface area contributed by atoms with Crippen molar-refractivity contribution in [2.45, 2.75) is 52.2 Å². The summed E-state index contributed by atoms with van der Waals surface area (Å²) in [5.41, 5.74) is 1.21. The molecule has 25 heavy (non-hydrogen) atoms. The Bertz CT molecular complexity index is 621. The summed E-state index contributed by atoms with van der Waals surface area (Å²) in [6.45, 7) is 10.1. The summed E-state index contributed by atoms with van der Waals surface area (Å²) in [6.07, 6.45) is 3.22. The number of benzene rings is 1. The zero-order valence-electron chi connectivity index (χ0n) is 15.4. The lowest BCUT2D eigenvalue weighted by molar-refractivity contribution is -0.150. The number of esters is 1. The van der Waals surface area contributed by atoms with Crippen LogP contribution in [0.25, 0.3) is 0 Å². The van der Waals surface area contributed by atoms with Crippen LogP contribution in [0.1, 0.15) is 38.7 Å². The zero-order chi connectivity index (χ0) is 18.0. The highest BCUT2D eigenvalue weighted by Crippen LogP contribution is 2.48. The molecule has 2 aliphatic carbocycles. The second-order valence-corrected chi connectivity index (χ2v) is 7.54. The molecule has 4 nitrogen and oxygen atoms in total. The molecule has 1 aromatic carbocycles. The first-order chi connectivity index (χ1) is 11.9. The third kappa shape index (κ3) is 4.36. The summed E-state index contributed by atoms with van der Waals surface area (Å²) in [4.78, 5) is 11.3. The topological polar surface area (TPSA) is 44.8 Å². The SMILES string of the molecule is C=C(COc1ccc(C)cc1)OC1CC2CC(C1)C(OC(C)=O)C2C. The highest BCUT2D eigenvalue weighted by Gasteiger charge is 2.48. The van der Waals surface area contributed by atoms with Crippen LogP contribution >= 0.6 is 0 Å². The van der Waals surface area contributed by atoms with Gasteiger partial charge < -0.3 is 14.2 Å². The van der Waals surface area contributed by atoms with Gasteiger partial charge in [0.15, 0.2) is 0 Å². The molecule has 0 radical (unpaired) electrons. The summed E-state index contributed by atoms with van der Waals surface area (Å²) in [5, 5.41) is 0. The largest absolute Gasteiger partial charge is 0.492 e. The van der Waals surface area contributed by atoms with E-state index in [2.05, 4.69) is 13.5 Å². The molecule has 0 heterocycles. The number of aryl methyl sites for hydroxylation is 1. The fraction of sp³-hybridized carbons (Fsp3) is 0.571. The molecule has 2 aliphatic rings. The van der Waals surface area contributed by atoms with E-state index in [0.717, 1.165) is 25.0 Å². The van der Waals surface area contributed by atoms with Crippen LogP contribution in [0.15, 0.2) is 36.6 Å². The van der Waals surface area contributed by atoms with Gasteiger partial charge in [-0.3, -0.25) is 4.79 Å². The van der Waals surface area contributed by atoms with Gasteiger partial charge in [-0.1, -0.05) is 31.2 Å². The van der Waals surface area contributed by atoms with E-state index in [1.807, 2.05) is 31.2 Å². The molecule has 136 valence electrons. The fourth-order valence-corrected chi connectivity index (χ4v) is 4.31. The van der Waals surface area contributed by atoms with Crippen LogP contribution in [0, 0.1) is 24.7 Å². The van der Waals surface area contributed by atoms with Crippen LogP contribution in [0.3, 0.4) is 0 Å². The lowest BCUT2D eigenvalue weighted by atomic mass is 9.85. The van der Waals surface area contributed by atoms with E-state index in [4.69, 9.17) is 14.2 Å². The predicted octanol–water partition coefficient (Wildman–Crippen LogP) is 4.27. The van der Waals surface area contributed by atoms with Gasteiger partial charge in [0, 0.05) is 6.92 Å². The predicted molar refractivity (Wildman–Crippen MR) is 96.2 cm³/mol. The standard InChI is InChI=1S/C21H28O4/c1-13-5-7-19(8-6-13)23-12-14(2)24-20-10-17-9-18(11-20)21(15(17)3)25-16(4)22/h5-8,15,17-18,20-21H,2,9-12H2,1,3-4H3. The summed E-state index contributed by atoms with van der Waals surface area (Å²) < 4.78 is 17.4. The Hall–Kier alpha value is -1.97. The lowest BCUT2D eigenvalue weighted by Crippen LogP contribution is -2.28. The number of hydrogen-bond donors (Lipinski definition) is 0. The fourth-order valence-electron chi connectivity index (χ4n) is 4.31. The van der Waals surface area contributed by atoms with E-state index in [9.17, 15) is 4.79 Å². The smallest absolute Gasteiger partial charge is 0.302 e. The van der Waals surface area contributed by atoms with Crippen LogP contribution in [-0.4, -0.2) is 24.8 Å². The molecule has 2 fully saturated rings. The van der Waals surface area contributed by atoms with Gasteiger partial charge in [-0.05, 0) is 56.1 Å².